The highest BCUT2D eigenvalue weighted by atomic mass is 16.3. The molecule has 0 amide bonds. The van der Waals surface area contributed by atoms with E-state index in [0.717, 1.165) is 0 Å². The molecule has 0 bridgehead atoms. The average Bonchev–Trinajstić information content (AvgIpc) is 2.78. The Morgan fingerprint density at radius 3 is 1.67 bits per heavy atom. The molecule has 1 atom stereocenters. The Morgan fingerprint density at radius 1 is 0.788 bits per heavy atom. The van der Waals surface area contributed by atoms with Gasteiger partial charge in [0.05, 0.1) is 12.6 Å². The Bertz CT molecular complexity index is 1070. The van der Waals surface area contributed by atoms with E-state index in [2.05, 4.69) is 9.98 Å². The Labute approximate surface area is 194 Å². The minimum absolute atomic E-state index is 0.0704. The molecule has 2 N–H and O–H groups in total. The first-order valence-electron chi connectivity index (χ1n) is 10.8. The van der Waals surface area contributed by atoms with Crippen LogP contribution in [0.15, 0.2) is 82.8 Å². The van der Waals surface area contributed by atoms with E-state index in [0.29, 0.717) is 29.1 Å². The summed E-state index contributed by atoms with van der Waals surface area (Å²) in [5, 5.41) is 20.1. The van der Waals surface area contributed by atoms with E-state index in [1.807, 2.05) is 19.1 Å². The quantitative estimate of drug-likeness (QED) is 0.274. The van der Waals surface area contributed by atoms with E-state index in [1.54, 1.807) is 62.4 Å². The number of ketones is 2. The number of allylic oxidation sites excluding steroid dienone is 2. The third-order valence-corrected chi connectivity index (χ3v) is 4.66. The van der Waals surface area contributed by atoms with Crippen molar-refractivity contribution in [2.75, 3.05) is 6.54 Å². The number of aliphatic imine (C=N–C) groups is 2. The lowest BCUT2D eigenvalue weighted by Crippen LogP contribution is -2.11. The van der Waals surface area contributed by atoms with E-state index in [-0.39, 0.29) is 42.0 Å². The smallest absolute Gasteiger partial charge is 0.164 e. The largest absolute Gasteiger partial charge is 0.507 e. The van der Waals surface area contributed by atoms with Gasteiger partial charge in [-0.25, -0.2) is 0 Å². The van der Waals surface area contributed by atoms with Crippen LogP contribution in [0, 0.1) is 0 Å². The standard InChI is InChI=1S/C27H30N2O4/c1-19(14-24(30)16-26(32)22-10-6-4-7-11-22)28-18-21(3)29-20(2)15-25(31)17-27(33)23-12-8-5-9-13-23/h4-13,16-17,21,32-33H,14-15,18H2,1-3H3/b26-16-,27-17-,28-19?,29-20?/t21-/m0/s1. The van der Waals surface area contributed by atoms with Gasteiger partial charge in [0, 0.05) is 47.5 Å². The third kappa shape index (κ3) is 9.47. The molecule has 2 aromatic carbocycles. The lowest BCUT2D eigenvalue weighted by molar-refractivity contribution is -0.114. The lowest BCUT2D eigenvalue weighted by Gasteiger charge is -2.07. The molecule has 0 saturated carbocycles. The predicted octanol–water partition coefficient (Wildman–Crippen LogP) is 5.41. The van der Waals surface area contributed by atoms with Gasteiger partial charge in [-0.1, -0.05) is 60.7 Å². The van der Waals surface area contributed by atoms with Crippen LogP contribution in [0.2, 0.25) is 0 Å². The zero-order valence-electron chi connectivity index (χ0n) is 19.2. The molecule has 6 heteroatoms. The molecule has 172 valence electrons. The Morgan fingerprint density at radius 2 is 1.21 bits per heavy atom. The maximum absolute atomic E-state index is 12.2. The van der Waals surface area contributed by atoms with Gasteiger partial charge >= 0.3 is 0 Å². The second-order valence-corrected chi connectivity index (χ2v) is 7.87. The molecule has 0 radical (unpaired) electrons. The number of carbonyl (C=O) groups excluding carboxylic acids is 2. The summed E-state index contributed by atoms with van der Waals surface area (Å²) >= 11 is 0. The number of rotatable bonds is 11. The lowest BCUT2D eigenvalue weighted by atomic mass is 10.1. The first kappa shape index (κ1) is 25.5. The van der Waals surface area contributed by atoms with Crippen molar-refractivity contribution in [3.63, 3.8) is 0 Å². The van der Waals surface area contributed by atoms with E-state index < -0.39 is 0 Å². The van der Waals surface area contributed by atoms with E-state index in [9.17, 15) is 19.8 Å². The number of hydrogen-bond acceptors (Lipinski definition) is 6. The number of carbonyl (C=O) groups is 2. The van der Waals surface area contributed by atoms with E-state index in [1.165, 1.54) is 12.2 Å². The van der Waals surface area contributed by atoms with Crippen molar-refractivity contribution in [3.05, 3.63) is 83.9 Å². The molecule has 33 heavy (non-hydrogen) atoms. The molecule has 0 aliphatic carbocycles. The van der Waals surface area contributed by atoms with Crippen molar-refractivity contribution < 1.29 is 19.8 Å². The van der Waals surface area contributed by atoms with Crippen LogP contribution in [0.1, 0.15) is 44.7 Å². The van der Waals surface area contributed by atoms with Gasteiger partial charge in [0.2, 0.25) is 0 Å². The third-order valence-electron chi connectivity index (χ3n) is 4.66. The minimum atomic E-state index is -0.236. The van der Waals surface area contributed by atoms with Crippen molar-refractivity contribution in [2.45, 2.75) is 39.7 Å². The molecule has 0 heterocycles. The zero-order valence-corrected chi connectivity index (χ0v) is 19.2. The van der Waals surface area contributed by atoms with Crippen LogP contribution >= 0.6 is 0 Å². The maximum atomic E-state index is 12.2. The van der Waals surface area contributed by atoms with Crippen molar-refractivity contribution >= 4 is 34.5 Å². The summed E-state index contributed by atoms with van der Waals surface area (Å²) in [5.74, 6) is -0.613. The maximum Gasteiger partial charge on any atom is 0.164 e. The summed E-state index contributed by atoms with van der Waals surface area (Å²) in [6.45, 7) is 5.78. The number of nitrogens with zero attached hydrogens (tertiary/aromatic N) is 2. The normalized spacial score (nSPS) is 14.2. The van der Waals surface area contributed by atoms with Crippen molar-refractivity contribution in [3.8, 4) is 0 Å². The van der Waals surface area contributed by atoms with Gasteiger partial charge in [-0.3, -0.25) is 19.6 Å². The summed E-state index contributed by atoms with van der Waals surface area (Å²) in [4.78, 5) is 33.2. The van der Waals surface area contributed by atoms with Gasteiger partial charge in [-0.15, -0.1) is 0 Å². The highest BCUT2D eigenvalue weighted by Crippen LogP contribution is 2.12. The summed E-state index contributed by atoms with van der Waals surface area (Å²) in [5.41, 5.74) is 2.45. The fourth-order valence-electron chi connectivity index (χ4n) is 3.10. The summed E-state index contributed by atoms with van der Waals surface area (Å²) in [6.07, 6.45) is 2.63. The Balaban J connectivity index is 1.86. The minimum Gasteiger partial charge on any atom is -0.507 e. The van der Waals surface area contributed by atoms with Crippen LogP contribution in [-0.4, -0.2) is 45.8 Å². The first-order valence-corrected chi connectivity index (χ1v) is 10.8. The summed E-state index contributed by atoms with van der Waals surface area (Å²) in [7, 11) is 0. The van der Waals surface area contributed by atoms with Crippen LogP contribution < -0.4 is 0 Å². The van der Waals surface area contributed by atoms with Gasteiger partial charge in [0.15, 0.2) is 11.6 Å². The van der Waals surface area contributed by atoms with Gasteiger partial charge in [-0.05, 0) is 20.8 Å². The molecule has 0 aliphatic heterocycles. The SMILES string of the molecule is CC(CC(=O)/C=C(\O)c1ccccc1)=NC[C@H](C)N=C(C)CC(=O)/C=C(\O)c1ccccc1. The monoisotopic (exact) mass is 446 g/mol. The number of aliphatic hydroxyl groups is 2. The fourth-order valence-corrected chi connectivity index (χ4v) is 3.10. The highest BCUT2D eigenvalue weighted by Gasteiger charge is 2.08. The van der Waals surface area contributed by atoms with Crippen molar-refractivity contribution in [1.29, 1.82) is 0 Å². The van der Waals surface area contributed by atoms with Crippen LogP contribution in [0.3, 0.4) is 0 Å². The molecule has 0 spiro atoms. The van der Waals surface area contributed by atoms with Gasteiger partial charge in [-0.2, -0.15) is 0 Å². The van der Waals surface area contributed by atoms with Crippen LogP contribution in [0.4, 0.5) is 0 Å². The van der Waals surface area contributed by atoms with E-state index in [4.69, 9.17) is 0 Å². The van der Waals surface area contributed by atoms with Crippen molar-refractivity contribution in [2.24, 2.45) is 9.98 Å². The molecule has 2 aromatic rings. The molecular formula is C27H30N2O4. The highest BCUT2D eigenvalue weighted by molar-refractivity contribution is 6.08. The van der Waals surface area contributed by atoms with Crippen molar-refractivity contribution in [1.82, 2.24) is 0 Å². The van der Waals surface area contributed by atoms with E-state index >= 15 is 0 Å². The molecular weight excluding hydrogens is 416 g/mol. The second kappa shape index (κ2) is 12.9. The Kier molecular flexibility index (Phi) is 9.96. The summed E-state index contributed by atoms with van der Waals surface area (Å²) in [6, 6.07) is 17.6. The van der Waals surface area contributed by atoms with Gasteiger partial charge in [0.1, 0.15) is 11.5 Å². The van der Waals surface area contributed by atoms with Gasteiger partial charge in [0.25, 0.3) is 0 Å². The average molecular weight is 447 g/mol. The van der Waals surface area contributed by atoms with Crippen LogP contribution in [0.25, 0.3) is 11.5 Å². The Hall–Kier alpha value is -3.80. The van der Waals surface area contributed by atoms with Gasteiger partial charge < -0.3 is 10.2 Å². The topological polar surface area (TPSA) is 99.3 Å². The molecule has 6 nitrogen and oxygen atoms in total. The molecule has 2 rings (SSSR count). The zero-order chi connectivity index (χ0) is 24.2. The molecule has 0 aromatic heterocycles. The molecule has 0 saturated heterocycles. The van der Waals surface area contributed by atoms with Crippen LogP contribution in [0.5, 0.6) is 0 Å². The number of hydrogen-bond donors (Lipinski definition) is 2. The number of aliphatic hydroxyl groups excluding tert-OH is 2. The second-order valence-electron chi connectivity index (χ2n) is 7.87. The van der Waals surface area contributed by atoms with Crippen LogP contribution in [-0.2, 0) is 9.59 Å². The fraction of sp³-hybridized carbons (Fsp3) is 0.259. The predicted molar refractivity (Wildman–Crippen MR) is 134 cm³/mol. The molecule has 0 unspecified atom stereocenters. The molecule has 0 aliphatic rings. The summed E-state index contributed by atoms with van der Waals surface area (Å²) < 4.78 is 0. The molecule has 0 fully saturated rings. The first-order chi connectivity index (χ1) is 15.7. The number of benzene rings is 2.